The average molecular weight is 267 g/mol. The molecule has 0 fully saturated rings. The lowest BCUT2D eigenvalue weighted by molar-refractivity contribution is 0.730. The molecule has 0 aliphatic rings. The van der Waals surface area contributed by atoms with E-state index in [-0.39, 0.29) is 0 Å². The number of nitrogens with one attached hydrogen (secondary N) is 1. The lowest BCUT2D eigenvalue weighted by atomic mass is 10.1. The number of fused-ring (bicyclic) bond motifs is 1. The van der Waals surface area contributed by atoms with Crippen molar-refractivity contribution >= 4 is 16.6 Å². The highest BCUT2D eigenvalue weighted by molar-refractivity contribution is 5.90. The van der Waals surface area contributed by atoms with E-state index in [1.807, 2.05) is 36.9 Å². The molecule has 3 aromatic rings. The maximum atomic E-state index is 4.43. The number of aromatic nitrogens is 4. The van der Waals surface area contributed by atoms with E-state index in [1.165, 1.54) is 11.3 Å². The Morgan fingerprint density at radius 2 is 2.00 bits per heavy atom. The molecule has 1 aromatic carbocycles. The van der Waals surface area contributed by atoms with E-state index in [9.17, 15) is 0 Å². The summed E-state index contributed by atoms with van der Waals surface area (Å²) in [5.41, 5.74) is 5.37. The van der Waals surface area contributed by atoms with Crippen molar-refractivity contribution < 1.29 is 0 Å². The summed E-state index contributed by atoms with van der Waals surface area (Å²) in [6, 6.07) is 8.00. The predicted molar refractivity (Wildman–Crippen MR) is 79.5 cm³/mol. The van der Waals surface area contributed by atoms with Gasteiger partial charge in [0, 0.05) is 30.2 Å². The lowest BCUT2D eigenvalue weighted by Crippen LogP contribution is -2.03. The molecule has 0 radical (unpaired) electrons. The third-order valence-corrected chi connectivity index (χ3v) is 3.66. The van der Waals surface area contributed by atoms with Gasteiger partial charge in [-0.15, -0.1) is 0 Å². The van der Waals surface area contributed by atoms with E-state index in [4.69, 9.17) is 0 Å². The second-order valence-corrected chi connectivity index (χ2v) is 4.90. The summed E-state index contributed by atoms with van der Waals surface area (Å²) in [5, 5.41) is 17.1. The highest BCUT2D eigenvalue weighted by Crippen LogP contribution is 2.21. The summed E-state index contributed by atoms with van der Waals surface area (Å²) >= 11 is 0. The highest BCUT2D eigenvalue weighted by Gasteiger charge is 2.09. The van der Waals surface area contributed by atoms with Gasteiger partial charge in [-0.2, -0.15) is 15.3 Å². The first-order valence-corrected chi connectivity index (χ1v) is 6.60. The van der Waals surface area contributed by atoms with Crippen LogP contribution >= 0.6 is 0 Å². The Hall–Kier alpha value is -2.43. The van der Waals surface area contributed by atoms with Gasteiger partial charge >= 0.3 is 0 Å². The van der Waals surface area contributed by atoms with Crippen LogP contribution in [0, 0.1) is 13.8 Å². The van der Waals surface area contributed by atoms with Crippen molar-refractivity contribution in [2.24, 2.45) is 7.05 Å². The summed E-state index contributed by atoms with van der Waals surface area (Å²) in [6.07, 6.45) is 1.77. The Balaban J connectivity index is 1.91. The Morgan fingerprint density at radius 3 is 2.75 bits per heavy atom. The quantitative estimate of drug-likeness (QED) is 0.792. The van der Waals surface area contributed by atoms with E-state index in [2.05, 4.69) is 33.6 Å². The standard InChI is InChI=1S/C15H17N5/c1-10-13(11(2)20(3)19-10)8-16-15-9-17-18-14-7-5-4-6-12(14)15/h4-7,9H,8H2,1-3H3,(H,16,18). The van der Waals surface area contributed by atoms with Gasteiger partial charge in [-0.1, -0.05) is 18.2 Å². The van der Waals surface area contributed by atoms with Crippen LogP contribution in [0.25, 0.3) is 10.9 Å². The lowest BCUT2D eigenvalue weighted by Gasteiger charge is -2.09. The van der Waals surface area contributed by atoms with Gasteiger partial charge in [0.1, 0.15) is 0 Å². The monoisotopic (exact) mass is 267 g/mol. The van der Waals surface area contributed by atoms with Crippen molar-refractivity contribution in [1.82, 2.24) is 20.0 Å². The summed E-state index contributed by atoms with van der Waals surface area (Å²) in [7, 11) is 1.97. The van der Waals surface area contributed by atoms with Crippen molar-refractivity contribution in [1.29, 1.82) is 0 Å². The Kier molecular flexibility index (Phi) is 3.10. The molecule has 0 amide bonds. The van der Waals surface area contributed by atoms with Gasteiger partial charge < -0.3 is 5.32 Å². The largest absolute Gasteiger partial charge is 0.379 e. The molecule has 0 unspecified atom stereocenters. The average Bonchev–Trinajstić information content (AvgIpc) is 2.70. The molecule has 102 valence electrons. The molecule has 2 heterocycles. The van der Waals surface area contributed by atoms with Crippen molar-refractivity contribution in [2.75, 3.05) is 5.32 Å². The van der Waals surface area contributed by atoms with Crippen LogP contribution in [0.2, 0.25) is 0 Å². The molecule has 0 aliphatic heterocycles. The van der Waals surface area contributed by atoms with E-state index >= 15 is 0 Å². The zero-order valence-corrected chi connectivity index (χ0v) is 11.9. The number of hydrogen-bond acceptors (Lipinski definition) is 4. The minimum absolute atomic E-state index is 0.737. The second kappa shape index (κ2) is 4.92. The Morgan fingerprint density at radius 1 is 1.20 bits per heavy atom. The zero-order valence-electron chi connectivity index (χ0n) is 11.9. The van der Waals surface area contributed by atoms with Crippen LogP contribution in [0.5, 0.6) is 0 Å². The molecule has 0 spiro atoms. The first-order chi connectivity index (χ1) is 9.66. The molecule has 1 N–H and O–H groups in total. The van der Waals surface area contributed by atoms with Crippen LogP contribution in [0.15, 0.2) is 30.5 Å². The number of anilines is 1. The number of aryl methyl sites for hydroxylation is 2. The first-order valence-electron chi connectivity index (χ1n) is 6.60. The molecule has 2 aromatic heterocycles. The van der Waals surface area contributed by atoms with Crippen LogP contribution in [-0.2, 0) is 13.6 Å². The van der Waals surface area contributed by atoms with Gasteiger partial charge in [-0.3, -0.25) is 4.68 Å². The zero-order chi connectivity index (χ0) is 14.1. The summed E-state index contributed by atoms with van der Waals surface area (Å²) in [4.78, 5) is 0. The number of rotatable bonds is 3. The molecule has 5 heteroatoms. The first kappa shape index (κ1) is 12.6. The van der Waals surface area contributed by atoms with Gasteiger partial charge in [-0.05, 0) is 19.9 Å². The van der Waals surface area contributed by atoms with Crippen LogP contribution < -0.4 is 5.32 Å². The van der Waals surface area contributed by atoms with Gasteiger partial charge in [0.15, 0.2) is 0 Å². The predicted octanol–water partition coefficient (Wildman–Crippen LogP) is 2.59. The maximum Gasteiger partial charge on any atom is 0.0950 e. The van der Waals surface area contributed by atoms with Crippen LogP contribution in [0.1, 0.15) is 17.0 Å². The Bertz CT molecular complexity index is 755. The van der Waals surface area contributed by atoms with E-state index in [0.717, 1.165) is 28.8 Å². The van der Waals surface area contributed by atoms with Crippen molar-refractivity contribution in [3.63, 3.8) is 0 Å². The molecule has 5 nitrogen and oxygen atoms in total. The normalized spacial score (nSPS) is 10.9. The van der Waals surface area contributed by atoms with Crippen LogP contribution in [-0.4, -0.2) is 20.0 Å². The summed E-state index contributed by atoms with van der Waals surface area (Å²) in [5.74, 6) is 0. The number of benzene rings is 1. The SMILES string of the molecule is Cc1nn(C)c(C)c1CNc1cnnc2ccccc12. The fourth-order valence-electron chi connectivity index (χ4n) is 2.40. The molecule has 3 rings (SSSR count). The molecule has 0 saturated carbocycles. The number of nitrogens with zero attached hydrogens (tertiary/aromatic N) is 4. The minimum Gasteiger partial charge on any atom is -0.379 e. The van der Waals surface area contributed by atoms with Crippen LogP contribution in [0.4, 0.5) is 5.69 Å². The molecule has 0 aliphatic carbocycles. The van der Waals surface area contributed by atoms with Gasteiger partial charge in [0.05, 0.1) is 23.1 Å². The Labute approximate surface area is 117 Å². The molecular formula is C15H17N5. The smallest absolute Gasteiger partial charge is 0.0950 e. The van der Waals surface area contributed by atoms with E-state index in [1.54, 1.807) is 6.20 Å². The summed E-state index contributed by atoms with van der Waals surface area (Å²) in [6.45, 7) is 4.86. The molecule has 20 heavy (non-hydrogen) atoms. The second-order valence-electron chi connectivity index (χ2n) is 4.90. The topological polar surface area (TPSA) is 55.6 Å². The fourth-order valence-corrected chi connectivity index (χ4v) is 2.40. The molecule has 0 bridgehead atoms. The minimum atomic E-state index is 0.737. The maximum absolute atomic E-state index is 4.43. The van der Waals surface area contributed by atoms with Crippen molar-refractivity contribution in [3.8, 4) is 0 Å². The summed E-state index contributed by atoms with van der Waals surface area (Å²) < 4.78 is 1.91. The van der Waals surface area contributed by atoms with Crippen LogP contribution in [0.3, 0.4) is 0 Å². The number of hydrogen-bond donors (Lipinski definition) is 1. The van der Waals surface area contributed by atoms with E-state index < -0.39 is 0 Å². The highest BCUT2D eigenvalue weighted by atomic mass is 15.3. The fraction of sp³-hybridized carbons (Fsp3) is 0.267. The molecule has 0 saturated heterocycles. The molecular weight excluding hydrogens is 250 g/mol. The third-order valence-electron chi connectivity index (χ3n) is 3.66. The van der Waals surface area contributed by atoms with Gasteiger partial charge in [0.2, 0.25) is 0 Å². The third kappa shape index (κ3) is 2.11. The van der Waals surface area contributed by atoms with Gasteiger partial charge in [0.25, 0.3) is 0 Å². The van der Waals surface area contributed by atoms with Crippen molar-refractivity contribution in [2.45, 2.75) is 20.4 Å². The van der Waals surface area contributed by atoms with Crippen molar-refractivity contribution in [3.05, 3.63) is 47.4 Å². The van der Waals surface area contributed by atoms with Gasteiger partial charge in [-0.25, -0.2) is 0 Å². The van der Waals surface area contributed by atoms with E-state index in [0.29, 0.717) is 0 Å². The molecule has 0 atom stereocenters.